The first-order chi connectivity index (χ1) is 7.84. The summed E-state index contributed by atoms with van der Waals surface area (Å²) < 4.78 is 40.1. The average molecular weight is 241 g/mol. The minimum Gasteiger partial charge on any atom is -0.406 e. The van der Waals surface area contributed by atoms with Crippen LogP contribution in [0.4, 0.5) is 13.2 Å². The minimum absolute atomic E-state index is 0.264. The molecule has 2 rings (SSSR count). The smallest absolute Gasteiger partial charge is 0.406 e. The Labute approximate surface area is 96.6 Å². The van der Waals surface area contributed by atoms with Gasteiger partial charge in [0.05, 0.1) is 11.5 Å². The van der Waals surface area contributed by atoms with Crippen molar-refractivity contribution in [2.75, 3.05) is 0 Å². The standard InChI is InChI=1S/C12H10F3NO/c1-11(7-16)5-4-8-2-3-9(6-10(8)11)17-12(13,14)15/h2-3,6H,4-5H2,1H3. The molecule has 0 radical (unpaired) electrons. The van der Waals surface area contributed by atoms with Crippen molar-refractivity contribution in [2.24, 2.45) is 0 Å². The zero-order valence-electron chi connectivity index (χ0n) is 9.14. The summed E-state index contributed by atoms with van der Waals surface area (Å²) in [6, 6.07) is 6.35. The third-order valence-electron chi connectivity index (χ3n) is 3.05. The Morgan fingerprint density at radius 2 is 2.12 bits per heavy atom. The fraction of sp³-hybridized carbons (Fsp3) is 0.417. The molecule has 0 spiro atoms. The molecule has 90 valence electrons. The molecule has 1 aromatic carbocycles. The van der Waals surface area contributed by atoms with Gasteiger partial charge < -0.3 is 4.74 Å². The first-order valence-corrected chi connectivity index (χ1v) is 5.14. The van der Waals surface area contributed by atoms with Gasteiger partial charge in [0.25, 0.3) is 0 Å². The summed E-state index contributed by atoms with van der Waals surface area (Å²) in [5, 5.41) is 9.08. The Kier molecular flexibility index (Phi) is 2.53. The Morgan fingerprint density at radius 1 is 1.41 bits per heavy atom. The monoisotopic (exact) mass is 241 g/mol. The molecule has 0 N–H and O–H groups in total. The molecule has 5 heteroatoms. The van der Waals surface area contributed by atoms with Crippen molar-refractivity contribution < 1.29 is 17.9 Å². The van der Waals surface area contributed by atoms with E-state index in [-0.39, 0.29) is 5.75 Å². The van der Waals surface area contributed by atoms with Crippen LogP contribution in [0.2, 0.25) is 0 Å². The van der Waals surface area contributed by atoms with E-state index in [4.69, 9.17) is 5.26 Å². The van der Waals surface area contributed by atoms with Gasteiger partial charge in [-0.1, -0.05) is 6.07 Å². The van der Waals surface area contributed by atoms with Crippen molar-refractivity contribution in [1.82, 2.24) is 0 Å². The van der Waals surface area contributed by atoms with E-state index >= 15 is 0 Å². The fourth-order valence-electron chi connectivity index (χ4n) is 2.12. The fourth-order valence-corrected chi connectivity index (χ4v) is 2.12. The van der Waals surface area contributed by atoms with Crippen LogP contribution in [-0.4, -0.2) is 6.36 Å². The molecule has 2 nitrogen and oxygen atoms in total. The molecular weight excluding hydrogens is 231 g/mol. The highest BCUT2D eigenvalue weighted by molar-refractivity contribution is 5.47. The number of nitrogens with zero attached hydrogens (tertiary/aromatic N) is 1. The Bertz CT molecular complexity index is 490. The van der Waals surface area contributed by atoms with Crippen LogP contribution in [0, 0.1) is 11.3 Å². The third kappa shape index (κ3) is 2.21. The van der Waals surface area contributed by atoms with Gasteiger partial charge in [0, 0.05) is 0 Å². The highest BCUT2D eigenvalue weighted by atomic mass is 19.4. The van der Waals surface area contributed by atoms with Gasteiger partial charge in [-0.15, -0.1) is 13.2 Å². The molecule has 0 aliphatic heterocycles. The normalized spacial score (nSPS) is 23.0. The molecule has 1 aromatic rings. The second-order valence-electron chi connectivity index (χ2n) is 4.31. The summed E-state index contributed by atoms with van der Waals surface area (Å²) in [5.74, 6) is -0.264. The molecule has 0 heterocycles. The van der Waals surface area contributed by atoms with Gasteiger partial charge in [-0.25, -0.2) is 0 Å². The van der Waals surface area contributed by atoms with Crippen LogP contribution in [0.15, 0.2) is 18.2 Å². The zero-order chi connectivity index (χ0) is 12.7. The van der Waals surface area contributed by atoms with Crippen molar-refractivity contribution >= 4 is 0 Å². The van der Waals surface area contributed by atoms with Crippen molar-refractivity contribution in [2.45, 2.75) is 31.5 Å². The first-order valence-electron chi connectivity index (χ1n) is 5.14. The van der Waals surface area contributed by atoms with Crippen LogP contribution in [0.5, 0.6) is 5.75 Å². The zero-order valence-corrected chi connectivity index (χ0v) is 9.14. The van der Waals surface area contributed by atoms with Crippen molar-refractivity contribution in [1.29, 1.82) is 5.26 Å². The number of hydrogen-bond acceptors (Lipinski definition) is 2. The maximum Gasteiger partial charge on any atom is 0.573 e. The summed E-state index contributed by atoms with van der Waals surface area (Å²) in [6.07, 6.45) is -3.35. The summed E-state index contributed by atoms with van der Waals surface area (Å²) in [7, 11) is 0. The number of aryl methyl sites for hydroxylation is 1. The number of alkyl halides is 3. The third-order valence-corrected chi connectivity index (χ3v) is 3.05. The van der Waals surface area contributed by atoms with Gasteiger partial charge in [-0.05, 0) is 43.0 Å². The van der Waals surface area contributed by atoms with Gasteiger partial charge in [-0.2, -0.15) is 5.26 Å². The molecule has 1 unspecified atom stereocenters. The minimum atomic E-state index is -4.70. The highest BCUT2D eigenvalue weighted by Gasteiger charge is 2.36. The van der Waals surface area contributed by atoms with Gasteiger partial charge in [-0.3, -0.25) is 0 Å². The lowest BCUT2D eigenvalue weighted by Gasteiger charge is -2.17. The number of hydrogen-bond donors (Lipinski definition) is 0. The molecule has 0 saturated heterocycles. The van der Waals surface area contributed by atoms with Gasteiger partial charge in [0.1, 0.15) is 5.75 Å². The lowest BCUT2D eigenvalue weighted by molar-refractivity contribution is -0.274. The van der Waals surface area contributed by atoms with E-state index in [1.54, 1.807) is 13.0 Å². The maximum atomic E-state index is 12.1. The van der Waals surface area contributed by atoms with Crippen molar-refractivity contribution in [3.63, 3.8) is 0 Å². The number of nitriles is 1. The number of halogens is 3. The Morgan fingerprint density at radius 3 is 2.71 bits per heavy atom. The predicted octanol–water partition coefficient (Wildman–Crippen LogP) is 3.31. The molecule has 1 aliphatic rings. The molecule has 1 atom stereocenters. The maximum absolute atomic E-state index is 12.1. The van der Waals surface area contributed by atoms with Gasteiger partial charge in [0.15, 0.2) is 0 Å². The molecule has 0 saturated carbocycles. The summed E-state index contributed by atoms with van der Waals surface area (Å²) in [5.41, 5.74) is 0.852. The van der Waals surface area contributed by atoms with Crippen molar-refractivity contribution in [3.8, 4) is 11.8 Å². The molecule has 0 bridgehead atoms. The summed E-state index contributed by atoms with van der Waals surface area (Å²) in [6.45, 7) is 1.73. The topological polar surface area (TPSA) is 33.0 Å². The highest BCUT2D eigenvalue weighted by Crippen LogP contribution is 2.40. The molecule has 17 heavy (non-hydrogen) atoms. The molecule has 0 amide bonds. The Hall–Kier alpha value is -1.70. The molecule has 0 aromatic heterocycles. The van der Waals surface area contributed by atoms with Crippen LogP contribution >= 0.6 is 0 Å². The Balaban J connectivity index is 2.38. The van der Waals surface area contributed by atoms with E-state index in [1.165, 1.54) is 12.1 Å². The molecule has 0 fully saturated rings. The number of ether oxygens (including phenoxy) is 1. The largest absolute Gasteiger partial charge is 0.573 e. The number of rotatable bonds is 1. The van der Waals surface area contributed by atoms with Crippen LogP contribution in [-0.2, 0) is 11.8 Å². The summed E-state index contributed by atoms with van der Waals surface area (Å²) in [4.78, 5) is 0. The molecular formula is C12H10F3NO. The lowest BCUT2D eigenvalue weighted by atomic mass is 9.86. The van der Waals surface area contributed by atoms with E-state index in [9.17, 15) is 13.2 Å². The van der Waals surface area contributed by atoms with Crippen LogP contribution in [0.1, 0.15) is 24.5 Å². The van der Waals surface area contributed by atoms with E-state index in [0.29, 0.717) is 18.4 Å². The number of benzene rings is 1. The van der Waals surface area contributed by atoms with Crippen LogP contribution < -0.4 is 4.74 Å². The van der Waals surface area contributed by atoms with Gasteiger partial charge in [0.2, 0.25) is 0 Å². The van der Waals surface area contributed by atoms with E-state index in [0.717, 1.165) is 5.56 Å². The average Bonchev–Trinajstić information content (AvgIpc) is 2.55. The number of fused-ring (bicyclic) bond motifs is 1. The second-order valence-corrected chi connectivity index (χ2v) is 4.31. The lowest BCUT2D eigenvalue weighted by Crippen LogP contribution is -2.18. The SMILES string of the molecule is CC1(C#N)CCc2ccc(OC(F)(F)F)cc21. The molecule has 1 aliphatic carbocycles. The first kappa shape index (κ1) is 11.8. The van der Waals surface area contributed by atoms with Crippen LogP contribution in [0.3, 0.4) is 0 Å². The quantitative estimate of drug-likeness (QED) is 0.755. The van der Waals surface area contributed by atoms with E-state index < -0.39 is 11.8 Å². The van der Waals surface area contributed by atoms with E-state index in [2.05, 4.69) is 10.8 Å². The second kappa shape index (κ2) is 3.66. The van der Waals surface area contributed by atoms with Crippen molar-refractivity contribution in [3.05, 3.63) is 29.3 Å². The summed E-state index contributed by atoms with van der Waals surface area (Å²) >= 11 is 0. The van der Waals surface area contributed by atoms with Gasteiger partial charge >= 0.3 is 6.36 Å². The van der Waals surface area contributed by atoms with Crippen LogP contribution in [0.25, 0.3) is 0 Å². The predicted molar refractivity (Wildman–Crippen MR) is 54.4 cm³/mol. The van der Waals surface area contributed by atoms with E-state index in [1.807, 2.05) is 0 Å².